The van der Waals surface area contributed by atoms with Gasteiger partial charge in [-0.15, -0.1) is 17.9 Å². The molecule has 0 fully saturated rings. The maximum atomic E-state index is 11.5. The van der Waals surface area contributed by atoms with Crippen LogP contribution in [0.1, 0.15) is 12.8 Å². The smallest absolute Gasteiger partial charge is 0.273 e. The predicted octanol–water partition coefficient (Wildman–Crippen LogP) is 1.52. The average molecular weight is 245 g/mol. The number of allylic oxidation sites excluding steroid dienone is 1. The first-order valence-corrected chi connectivity index (χ1v) is 6.62. The van der Waals surface area contributed by atoms with Gasteiger partial charge in [-0.1, -0.05) is 12.1 Å². The van der Waals surface area contributed by atoms with Gasteiger partial charge in [0, 0.05) is 6.42 Å². The van der Waals surface area contributed by atoms with Gasteiger partial charge in [0.15, 0.2) is 0 Å². The van der Waals surface area contributed by atoms with Crippen LogP contribution in [0.5, 0.6) is 0 Å². The number of thiophene rings is 1. The molecule has 0 saturated carbocycles. The van der Waals surface area contributed by atoms with Crippen LogP contribution in [0.2, 0.25) is 0 Å². The van der Waals surface area contributed by atoms with E-state index in [2.05, 4.69) is 6.58 Å². The van der Waals surface area contributed by atoms with Crippen LogP contribution in [-0.4, -0.2) is 14.3 Å². The summed E-state index contributed by atoms with van der Waals surface area (Å²) >= 11 is 1.07. The van der Waals surface area contributed by atoms with E-state index in [0.717, 1.165) is 11.3 Å². The minimum absolute atomic E-state index is 0.133. The van der Waals surface area contributed by atoms with Crippen molar-refractivity contribution in [1.29, 1.82) is 0 Å². The minimum Gasteiger partial charge on any atom is -0.274 e. The second-order valence-corrected chi connectivity index (χ2v) is 5.65. The molecule has 1 N–H and O–H groups in total. The van der Waals surface area contributed by atoms with Gasteiger partial charge in [-0.25, -0.2) is 13.1 Å². The van der Waals surface area contributed by atoms with E-state index >= 15 is 0 Å². The third-order valence-corrected chi connectivity index (χ3v) is 4.35. The van der Waals surface area contributed by atoms with Crippen LogP contribution in [0.4, 0.5) is 0 Å². The molecule has 0 atom stereocenters. The Morgan fingerprint density at radius 2 is 2.33 bits per heavy atom. The molecule has 1 aromatic heterocycles. The summed E-state index contributed by atoms with van der Waals surface area (Å²) in [5, 5.41) is 1.64. The van der Waals surface area contributed by atoms with Crippen molar-refractivity contribution in [3.63, 3.8) is 0 Å². The average Bonchev–Trinajstić information content (AvgIpc) is 2.67. The Bertz CT molecular complexity index is 434. The Labute approximate surface area is 92.7 Å². The van der Waals surface area contributed by atoms with Crippen LogP contribution in [0.15, 0.2) is 34.4 Å². The summed E-state index contributed by atoms with van der Waals surface area (Å²) < 4.78 is 25.2. The zero-order valence-corrected chi connectivity index (χ0v) is 9.60. The van der Waals surface area contributed by atoms with E-state index in [0.29, 0.717) is 6.42 Å². The van der Waals surface area contributed by atoms with Crippen LogP contribution >= 0.6 is 11.3 Å². The molecule has 0 saturated heterocycles. The molecule has 4 nitrogen and oxygen atoms in total. The zero-order valence-electron chi connectivity index (χ0n) is 7.97. The number of nitrogens with one attached hydrogen (secondary N) is 1. The quantitative estimate of drug-likeness (QED) is 0.800. The van der Waals surface area contributed by atoms with Gasteiger partial charge in [-0.05, 0) is 17.9 Å². The number of amides is 1. The maximum absolute atomic E-state index is 11.5. The molecule has 1 amide bonds. The van der Waals surface area contributed by atoms with Crippen molar-refractivity contribution in [2.45, 2.75) is 17.1 Å². The lowest BCUT2D eigenvalue weighted by Crippen LogP contribution is -2.29. The second kappa shape index (κ2) is 5.09. The van der Waals surface area contributed by atoms with E-state index in [-0.39, 0.29) is 10.6 Å². The van der Waals surface area contributed by atoms with E-state index in [1.54, 1.807) is 17.5 Å². The van der Waals surface area contributed by atoms with Crippen molar-refractivity contribution >= 4 is 27.3 Å². The highest BCUT2D eigenvalue weighted by atomic mass is 32.2. The Morgan fingerprint density at radius 1 is 1.60 bits per heavy atom. The topological polar surface area (TPSA) is 63.2 Å². The van der Waals surface area contributed by atoms with Gasteiger partial charge in [0.25, 0.3) is 10.0 Å². The van der Waals surface area contributed by atoms with Crippen molar-refractivity contribution in [2.24, 2.45) is 0 Å². The normalized spacial score (nSPS) is 10.9. The van der Waals surface area contributed by atoms with E-state index < -0.39 is 15.9 Å². The van der Waals surface area contributed by atoms with Crippen molar-refractivity contribution in [3.8, 4) is 0 Å². The minimum atomic E-state index is -3.66. The molecule has 15 heavy (non-hydrogen) atoms. The summed E-state index contributed by atoms with van der Waals surface area (Å²) in [5.41, 5.74) is 0. The molecule has 0 bridgehead atoms. The number of sulfonamides is 1. The van der Waals surface area contributed by atoms with Gasteiger partial charge in [-0.3, -0.25) is 4.79 Å². The summed E-state index contributed by atoms with van der Waals surface area (Å²) in [6.45, 7) is 3.45. The van der Waals surface area contributed by atoms with E-state index in [1.165, 1.54) is 6.07 Å². The van der Waals surface area contributed by atoms with Gasteiger partial charge in [-0.2, -0.15) is 0 Å². The number of hydrogen-bond acceptors (Lipinski definition) is 4. The van der Waals surface area contributed by atoms with Crippen molar-refractivity contribution in [1.82, 2.24) is 4.72 Å². The molecule has 6 heteroatoms. The molecule has 0 aliphatic rings. The van der Waals surface area contributed by atoms with Gasteiger partial charge in [0.05, 0.1) is 0 Å². The molecule has 0 unspecified atom stereocenters. The Hall–Kier alpha value is -1.14. The third-order valence-electron chi connectivity index (χ3n) is 1.58. The molecule has 0 spiro atoms. The van der Waals surface area contributed by atoms with Crippen molar-refractivity contribution in [3.05, 3.63) is 30.2 Å². The fraction of sp³-hybridized carbons (Fsp3) is 0.222. The van der Waals surface area contributed by atoms with Gasteiger partial charge in [0.1, 0.15) is 4.21 Å². The molecular weight excluding hydrogens is 234 g/mol. The first-order chi connectivity index (χ1) is 7.06. The fourth-order valence-corrected chi connectivity index (χ4v) is 2.91. The SMILES string of the molecule is C=CCCC(=O)NS(=O)(=O)c1cccs1. The maximum Gasteiger partial charge on any atom is 0.273 e. The van der Waals surface area contributed by atoms with Crippen LogP contribution in [-0.2, 0) is 14.8 Å². The summed E-state index contributed by atoms with van der Waals surface area (Å²) in [5.74, 6) is -0.511. The lowest BCUT2D eigenvalue weighted by Gasteiger charge is -2.03. The molecule has 82 valence electrons. The zero-order chi connectivity index (χ0) is 11.3. The standard InChI is InChI=1S/C9H11NO3S2/c1-2-3-5-8(11)10-15(12,13)9-6-4-7-14-9/h2,4,6-7H,1,3,5H2,(H,10,11). The first-order valence-electron chi connectivity index (χ1n) is 4.26. The summed E-state index contributed by atoms with van der Waals surface area (Å²) in [6, 6.07) is 3.07. The Morgan fingerprint density at radius 3 is 2.87 bits per heavy atom. The fourth-order valence-electron chi connectivity index (χ4n) is 0.901. The van der Waals surface area contributed by atoms with Crippen molar-refractivity contribution in [2.75, 3.05) is 0 Å². The van der Waals surface area contributed by atoms with Crippen LogP contribution < -0.4 is 4.72 Å². The van der Waals surface area contributed by atoms with E-state index in [4.69, 9.17) is 0 Å². The predicted molar refractivity (Wildman–Crippen MR) is 59.1 cm³/mol. The van der Waals surface area contributed by atoms with Crippen molar-refractivity contribution < 1.29 is 13.2 Å². The largest absolute Gasteiger partial charge is 0.274 e. The number of carbonyl (C=O) groups is 1. The molecule has 0 aliphatic carbocycles. The van der Waals surface area contributed by atoms with E-state index in [9.17, 15) is 13.2 Å². The van der Waals surface area contributed by atoms with Gasteiger partial charge < -0.3 is 0 Å². The van der Waals surface area contributed by atoms with Crippen LogP contribution in [0.25, 0.3) is 0 Å². The molecule has 1 aromatic rings. The molecular formula is C9H11NO3S2. The lowest BCUT2D eigenvalue weighted by molar-refractivity contribution is -0.119. The molecule has 0 aliphatic heterocycles. The molecule has 0 radical (unpaired) electrons. The van der Waals surface area contributed by atoms with Crippen LogP contribution in [0, 0.1) is 0 Å². The highest BCUT2D eigenvalue weighted by Gasteiger charge is 2.17. The van der Waals surface area contributed by atoms with E-state index in [1.807, 2.05) is 4.72 Å². The summed E-state index contributed by atoms with van der Waals surface area (Å²) in [4.78, 5) is 11.2. The highest BCUT2D eigenvalue weighted by Crippen LogP contribution is 2.15. The van der Waals surface area contributed by atoms with Crippen LogP contribution in [0.3, 0.4) is 0 Å². The highest BCUT2D eigenvalue weighted by molar-refractivity contribution is 7.92. The van der Waals surface area contributed by atoms with Gasteiger partial charge in [0.2, 0.25) is 5.91 Å². The summed E-state index contributed by atoms with van der Waals surface area (Å²) in [6.07, 6.45) is 2.16. The molecule has 0 aromatic carbocycles. The van der Waals surface area contributed by atoms with Gasteiger partial charge >= 0.3 is 0 Å². The summed E-state index contributed by atoms with van der Waals surface area (Å²) in [7, 11) is -3.66. The Balaban J connectivity index is 2.65. The third kappa shape index (κ3) is 3.49. The Kier molecular flexibility index (Phi) is 4.05. The number of hydrogen-bond donors (Lipinski definition) is 1. The lowest BCUT2D eigenvalue weighted by atomic mass is 10.3. The first kappa shape index (κ1) is 11.9. The molecule has 1 heterocycles. The second-order valence-electron chi connectivity index (χ2n) is 2.79. The monoisotopic (exact) mass is 245 g/mol. The number of carbonyl (C=O) groups excluding carboxylic acids is 1. The number of rotatable bonds is 5. The molecule has 1 rings (SSSR count).